The summed E-state index contributed by atoms with van der Waals surface area (Å²) in [6.07, 6.45) is -3.50. The molecule has 144 valence electrons. The number of nitrogens with zero attached hydrogens (tertiary/aromatic N) is 3. The number of nitro groups is 1. The van der Waals surface area contributed by atoms with Crippen molar-refractivity contribution in [1.29, 1.82) is 0 Å². The van der Waals surface area contributed by atoms with Crippen molar-refractivity contribution in [2.24, 2.45) is 0 Å². The molecule has 2 aromatic carbocycles. The zero-order valence-electron chi connectivity index (χ0n) is 13.8. The number of hydrogen-bond donors (Lipinski definition) is 1. The van der Waals surface area contributed by atoms with Gasteiger partial charge in [0.15, 0.2) is 5.03 Å². The smallest absolute Gasteiger partial charge is 0.333 e. The minimum Gasteiger partial charge on any atom is -0.333 e. The van der Waals surface area contributed by atoms with Crippen molar-refractivity contribution < 1.29 is 18.1 Å². The number of hydrogen-bond acceptors (Lipinski definition) is 6. The fourth-order valence-corrected chi connectivity index (χ4v) is 3.27. The lowest BCUT2D eigenvalue weighted by Gasteiger charge is -2.12. The van der Waals surface area contributed by atoms with E-state index in [1.165, 1.54) is 0 Å². The van der Waals surface area contributed by atoms with E-state index < -0.39 is 22.4 Å². The van der Waals surface area contributed by atoms with Crippen molar-refractivity contribution in [3.05, 3.63) is 75.6 Å². The maximum atomic E-state index is 12.9. The van der Waals surface area contributed by atoms with Gasteiger partial charge in [-0.2, -0.15) is 13.2 Å². The van der Waals surface area contributed by atoms with Crippen LogP contribution in [0.3, 0.4) is 0 Å². The molecule has 0 aliphatic heterocycles. The minimum atomic E-state index is -4.59. The van der Waals surface area contributed by atoms with E-state index in [4.69, 9.17) is 11.6 Å². The molecule has 1 N–H and O–H groups in total. The standard InChI is InChI=1S/C17H10ClF3N4O2S/c18-12-7-6-10(17(19,20)21)8-13(12)24-15-14(25(26)27)16(23-9-22-15)28-11-4-2-1-3-5-11/h1-9H,(H,22,23,24). The van der Waals surface area contributed by atoms with E-state index in [0.717, 1.165) is 36.3 Å². The van der Waals surface area contributed by atoms with Crippen LogP contribution < -0.4 is 5.32 Å². The molecule has 3 aromatic rings. The van der Waals surface area contributed by atoms with E-state index in [0.29, 0.717) is 4.90 Å². The van der Waals surface area contributed by atoms with E-state index in [1.807, 2.05) is 0 Å². The fourth-order valence-electron chi connectivity index (χ4n) is 2.22. The molecule has 0 unspecified atom stereocenters. The third-order valence-corrected chi connectivity index (χ3v) is 4.81. The number of aromatic nitrogens is 2. The SMILES string of the molecule is O=[N+]([O-])c1c(Nc2cc(C(F)(F)F)ccc2Cl)ncnc1Sc1ccccc1. The summed E-state index contributed by atoms with van der Waals surface area (Å²) in [7, 11) is 0. The van der Waals surface area contributed by atoms with E-state index >= 15 is 0 Å². The van der Waals surface area contributed by atoms with Gasteiger partial charge in [0.05, 0.1) is 21.2 Å². The molecule has 1 heterocycles. The van der Waals surface area contributed by atoms with Crippen LogP contribution >= 0.6 is 23.4 Å². The summed E-state index contributed by atoms with van der Waals surface area (Å²) in [6, 6.07) is 11.4. The molecule has 0 aliphatic carbocycles. The first-order valence-corrected chi connectivity index (χ1v) is 8.81. The van der Waals surface area contributed by atoms with Crippen molar-refractivity contribution in [3.8, 4) is 0 Å². The topological polar surface area (TPSA) is 81.0 Å². The van der Waals surface area contributed by atoms with Gasteiger partial charge in [0.2, 0.25) is 5.82 Å². The second kappa shape index (κ2) is 8.03. The van der Waals surface area contributed by atoms with E-state index in [-0.39, 0.29) is 21.6 Å². The fraction of sp³-hybridized carbons (Fsp3) is 0.0588. The Morgan fingerprint density at radius 3 is 2.46 bits per heavy atom. The monoisotopic (exact) mass is 426 g/mol. The van der Waals surface area contributed by atoms with Crippen LogP contribution in [0.2, 0.25) is 5.02 Å². The first-order valence-electron chi connectivity index (χ1n) is 7.62. The van der Waals surface area contributed by atoms with Crippen molar-refractivity contribution in [1.82, 2.24) is 9.97 Å². The molecule has 11 heteroatoms. The van der Waals surface area contributed by atoms with Crippen LogP contribution in [0, 0.1) is 10.1 Å². The number of nitrogens with one attached hydrogen (secondary N) is 1. The lowest BCUT2D eigenvalue weighted by atomic mass is 10.2. The van der Waals surface area contributed by atoms with Crippen LogP contribution in [0.15, 0.2) is 64.8 Å². The average Bonchev–Trinajstić information content (AvgIpc) is 2.63. The Labute approximate surface area is 165 Å². The molecular formula is C17H10ClF3N4O2S. The van der Waals surface area contributed by atoms with Crippen LogP contribution in [-0.2, 0) is 6.18 Å². The van der Waals surface area contributed by atoms with Gasteiger partial charge in [-0.05, 0) is 30.3 Å². The molecule has 28 heavy (non-hydrogen) atoms. The summed E-state index contributed by atoms with van der Waals surface area (Å²) in [5, 5.41) is 14.1. The highest BCUT2D eigenvalue weighted by molar-refractivity contribution is 7.99. The van der Waals surface area contributed by atoms with Gasteiger partial charge in [-0.15, -0.1) is 0 Å². The molecule has 0 fully saturated rings. The highest BCUT2D eigenvalue weighted by Crippen LogP contribution is 2.39. The first-order chi connectivity index (χ1) is 13.3. The second-order valence-corrected chi connectivity index (χ2v) is 6.84. The number of alkyl halides is 3. The predicted octanol–water partition coefficient (Wildman–Crippen LogP) is 5.95. The van der Waals surface area contributed by atoms with Gasteiger partial charge in [0, 0.05) is 4.90 Å². The highest BCUT2D eigenvalue weighted by Gasteiger charge is 2.31. The molecular weight excluding hydrogens is 417 g/mol. The van der Waals surface area contributed by atoms with Crippen molar-refractivity contribution >= 4 is 40.6 Å². The average molecular weight is 427 g/mol. The van der Waals surface area contributed by atoms with Gasteiger partial charge in [-0.1, -0.05) is 41.6 Å². The van der Waals surface area contributed by atoms with Gasteiger partial charge in [-0.25, -0.2) is 9.97 Å². The highest BCUT2D eigenvalue weighted by atomic mass is 35.5. The maximum Gasteiger partial charge on any atom is 0.416 e. The van der Waals surface area contributed by atoms with Gasteiger partial charge >= 0.3 is 11.9 Å². The summed E-state index contributed by atoms with van der Waals surface area (Å²) in [5.41, 5.74) is -1.58. The lowest BCUT2D eigenvalue weighted by Crippen LogP contribution is -2.07. The van der Waals surface area contributed by atoms with Crippen molar-refractivity contribution in [3.63, 3.8) is 0 Å². The van der Waals surface area contributed by atoms with Crippen molar-refractivity contribution in [2.45, 2.75) is 16.1 Å². The van der Waals surface area contributed by atoms with Crippen LogP contribution in [0.5, 0.6) is 0 Å². The van der Waals surface area contributed by atoms with E-state index in [9.17, 15) is 23.3 Å². The molecule has 0 atom stereocenters. The Hall–Kier alpha value is -2.85. The summed E-state index contributed by atoms with van der Waals surface area (Å²) < 4.78 is 38.8. The largest absolute Gasteiger partial charge is 0.416 e. The molecule has 1 aromatic heterocycles. The molecule has 0 amide bonds. The number of halogens is 4. The molecule has 0 saturated heterocycles. The summed E-state index contributed by atoms with van der Waals surface area (Å²) in [5.74, 6) is -0.264. The molecule has 0 bridgehead atoms. The summed E-state index contributed by atoms with van der Waals surface area (Å²) in [4.78, 5) is 19.3. The number of rotatable bonds is 5. The van der Waals surface area contributed by atoms with Crippen LogP contribution in [-0.4, -0.2) is 14.9 Å². The van der Waals surface area contributed by atoms with Crippen molar-refractivity contribution in [2.75, 3.05) is 5.32 Å². The minimum absolute atomic E-state index is 0.0387. The third-order valence-electron chi connectivity index (χ3n) is 3.48. The van der Waals surface area contributed by atoms with E-state index in [1.54, 1.807) is 30.3 Å². The third kappa shape index (κ3) is 4.52. The Morgan fingerprint density at radius 2 is 1.82 bits per heavy atom. The molecule has 0 saturated carbocycles. The zero-order chi connectivity index (χ0) is 20.3. The van der Waals surface area contributed by atoms with Crippen LogP contribution in [0.1, 0.15) is 5.56 Å². The van der Waals surface area contributed by atoms with Gasteiger partial charge in [0.1, 0.15) is 6.33 Å². The zero-order valence-corrected chi connectivity index (χ0v) is 15.3. The Bertz CT molecular complexity index is 1020. The van der Waals surface area contributed by atoms with Crippen LogP contribution in [0.4, 0.5) is 30.4 Å². The van der Waals surface area contributed by atoms with Gasteiger partial charge in [0.25, 0.3) is 0 Å². The Morgan fingerprint density at radius 1 is 1.11 bits per heavy atom. The summed E-state index contributed by atoms with van der Waals surface area (Å²) in [6.45, 7) is 0. The Balaban J connectivity index is 2.01. The Kier molecular flexibility index (Phi) is 5.71. The summed E-state index contributed by atoms with van der Waals surface area (Å²) >= 11 is 6.98. The molecule has 0 spiro atoms. The molecule has 0 radical (unpaired) electrons. The van der Waals surface area contributed by atoms with Gasteiger partial charge in [-0.3, -0.25) is 10.1 Å². The first kappa shape index (κ1) is 19.9. The maximum absolute atomic E-state index is 12.9. The normalized spacial score (nSPS) is 11.3. The lowest BCUT2D eigenvalue weighted by molar-refractivity contribution is -0.387. The van der Waals surface area contributed by atoms with Crippen LogP contribution in [0.25, 0.3) is 0 Å². The number of anilines is 2. The predicted molar refractivity (Wildman–Crippen MR) is 99.0 cm³/mol. The van der Waals surface area contributed by atoms with E-state index in [2.05, 4.69) is 15.3 Å². The molecule has 3 rings (SSSR count). The van der Waals surface area contributed by atoms with Gasteiger partial charge < -0.3 is 5.32 Å². The molecule has 6 nitrogen and oxygen atoms in total. The quantitative estimate of drug-likeness (QED) is 0.308. The number of benzene rings is 2. The second-order valence-electron chi connectivity index (χ2n) is 5.37. The molecule has 0 aliphatic rings.